The van der Waals surface area contributed by atoms with Gasteiger partial charge < -0.3 is 5.11 Å². The van der Waals surface area contributed by atoms with Crippen LogP contribution in [0.4, 0.5) is 0 Å². The van der Waals surface area contributed by atoms with E-state index in [1.165, 1.54) is 51.4 Å². The maximum atomic E-state index is 8.67. The number of rotatable bonds is 8. The molecule has 0 aromatic rings. The van der Waals surface area contributed by atoms with Crippen molar-refractivity contribution in [3.8, 4) is 0 Å². The largest absolute Gasteiger partial charge is 0.396 e. The van der Waals surface area contributed by atoms with Crippen molar-refractivity contribution in [1.29, 1.82) is 0 Å². The highest BCUT2D eigenvalue weighted by atomic mass is 16.2. The van der Waals surface area contributed by atoms with Crippen molar-refractivity contribution < 1.29 is 5.11 Å². The molecule has 3 unspecified atom stereocenters. The number of fused-ring (bicyclic) bond motifs is 2. The summed E-state index contributed by atoms with van der Waals surface area (Å²) in [4.78, 5) is 0. The number of hydrogen-bond acceptors (Lipinski definition) is 1. The van der Waals surface area contributed by atoms with Crippen molar-refractivity contribution in [3.05, 3.63) is 12.2 Å². The van der Waals surface area contributed by atoms with E-state index in [4.69, 9.17) is 5.11 Å². The van der Waals surface area contributed by atoms with Gasteiger partial charge in [0.1, 0.15) is 0 Å². The maximum Gasteiger partial charge on any atom is 0.0431 e. The van der Waals surface area contributed by atoms with Crippen LogP contribution in [0.5, 0.6) is 0 Å². The van der Waals surface area contributed by atoms with Crippen molar-refractivity contribution >= 4 is 0 Å². The molecule has 1 saturated carbocycles. The molecule has 0 heterocycles. The van der Waals surface area contributed by atoms with E-state index in [-0.39, 0.29) is 0 Å². The lowest BCUT2D eigenvalue weighted by atomic mass is 9.88. The third kappa shape index (κ3) is 3.35. The van der Waals surface area contributed by atoms with E-state index in [1.54, 1.807) is 0 Å². The van der Waals surface area contributed by atoms with E-state index in [0.29, 0.717) is 6.61 Å². The van der Waals surface area contributed by atoms with Gasteiger partial charge in [0.15, 0.2) is 0 Å². The molecule has 0 spiro atoms. The molecule has 16 heavy (non-hydrogen) atoms. The molecule has 2 rings (SSSR count). The lowest BCUT2D eigenvalue weighted by Crippen LogP contribution is -2.06. The van der Waals surface area contributed by atoms with E-state index < -0.39 is 0 Å². The smallest absolute Gasteiger partial charge is 0.0431 e. The van der Waals surface area contributed by atoms with Crippen LogP contribution < -0.4 is 0 Å². The molecule has 2 bridgehead atoms. The molecule has 3 atom stereocenters. The fraction of sp³-hybridized carbons (Fsp3) is 0.867. The fourth-order valence-corrected chi connectivity index (χ4v) is 3.45. The van der Waals surface area contributed by atoms with Gasteiger partial charge in [0.05, 0.1) is 0 Å². The van der Waals surface area contributed by atoms with E-state index in [0.717, 1.165) is 24.2 Å². The second-order valence-electron chi connectivity index (χ2n) is 5.67. The minimum absolute atomic E-state index is 0.372. The van der Waals surface area contributed by atoms with E-state index in [9.17, 15) is 0 Å². The van der Waals surface area contributed by atoms with Crippen molar-refractivity contribution in [1.82, 2.24) is 0 Å². The van der Waals surface area contributed by atoms with Gasteiger partial charge in [-0.2, -0.15) is 0 Å². The number of aliphatic hydroxyl groups excluding tert-OH is 1. The van der Waals surface area contributed by atoms with E-state index >= 15 is 0 Å². The Morgan fingerprint density at radius 1 is 0.875 bits per heavy atom. The summed E-state index contributed by atoms with van der Waals surface area (Å²) in [5.41, 5.74) is 0. The first-order valence-corrected chi connectivity index (χ1v) is 7.19. The highest BCUT2D eigenvalue weighted by Gasteiger charge is 2.34. The molecule has 1 heteroatoms. The standard InChI is InChI=1S/C15H26O/c16-10-6-4-2-1-3-5-7-14-11-13-8-9-15(14)12-13/h8-9,13-16H,1-7,10-12H2. The molecule has 0 radical (unpaired) electrons. The average molecular weight is 222 g/mol. The van der Waals surface area contributed by atoms with Gasteiger partial charge in [-0.1, -0.05) is 44.3 Å². The predicted molar refractivity (Wildman–Crippen MR) is 68.2 cm³/mol. The summed E-state index contributed by atoms with van der Waals surface area (Å²) >= 11 is 0. The second kappa shape index (κ2) is 6.44. The molecule has 0 amide bonds. The Morgan fingerprint density at radius 3 is 2.25 bits per heavy atom. The molecule has 2 aliphatic rings. The summed E-state index contributed by atoms with van der Waals surface area (Å²) in [6, 6.07) is 0. The van der Waals surface area contributed by atoms with Gasteiger partial charge in [0.25, 0.3) is 0 Å². The molecule has 1 nitrogen and oxygen atoms in total. The van der Waals surface area contributed by atoms with Crippen LogP contribution >= 0.6 is 0 Å². The van der Waals surface area contributed by atoms with E-state index in [2.05, 4.69) is 12.2 Å². The number of aliphatic hydroxyl groups is 1. The van der Waals surface area contributed by atoms with Crippen molar-refractivity contribution in [2.24, 2.45) is 17.8 Å². The second-order valence-corrected chi connectivity index (χ2v) is 5.67. The number of hydrogen-bond donors (Lipinski definition) is 1. The topological polar surface area (TPSA) is 20.2 Å². The summed E-state index contributed by atoms with van der Waals surface area (Å²) < 4.78 is 0. The van der Waals surface area contributed by atoms with Crippen LogP contribution in [-0.2, 0) is 0 Å². The third-order valence-corrected chi connectivity index (χ3v) is 4.40. The molecule has 0 saturated heterocycles. The Labute approximate surface area is 99.9 Å². The summed E-state index contributed by atoms with van der Waals surface area (Å²) in [5.74, 6) is 2.91. The van der Waals surface area contributed by atoms with Crippen LogP contribution in [0.25, 0.3) is 0 Å². The van der Waals surface area contributed by atoms with Gasteiger partial charge in [-0.05, 0) is 43.4 Å². The molecule has 2 aliphatic carbocycles. The minimum Gasteiger partial charge on any atom is -0.396 e. The SMILES string of the molecule is OCCCCCCCCC1CC2C=CC1C2. The van der Waals surface area contributed by atoms with E-state index in [1.807, 2.05) is 0 Å². The molecule has 1 fully saturated rings. The normalized spacial score (nSPS) is 31.4. The molecule has 0 aromatic heterocycles. The van der Waals surface area contributed by atoms with Crippen LogP contribution in [-0.4, -0.2) is 11.7 Å². The Balaban J connectivity index is 1.45. The summed E-state index contributed by atoms with van der Waals surface area (Å²) in [7, 11) is 0. The summed E-state index contributed by atoms with van der Waals surface area (Å²) in [6.45, 7) is 0.372. The zero-order chi connectivity index (χ0) is 11.2. The average Bonchev–Trinajstić information content (AvgIpc) is 2.90. The van der Waals surface area contributed by atoms with Gasteiger partial charge in [-0.3, -0.25) is 0 Å². The molecular weight excluding hydrogens is 196 g/mol. The van der Waals surface area contributed by atoms with Crippen LogP contribution in [0.2, 0.25) is 0 Å². The monoisotopic (exact) mass is 222 g/mol. The summed E-state index contributed by atoms with van der Waals surface area (Å²) in [6.07, 6.45) is 17.1. The number of unbranched alkanes of at least 4 members (excludes halogenated alkanes) is 5. The van der Waals surface area contributed by atoms with Gasteiger partial charge >= 0.3 is 0 Å². The van der Waals surface area contributed by atoms with Crippen molar-refractivity contribution in [2.75, 3.05) is 6.61 Å². The predicted octanol–water partition coefficient (Wildman–Crippen LogP) is 3.92. The third-order valence-electron chi connectivity index (χ3n) is 4.40. The lowest BCUT2D eigenvalue weighted by Gasteiger charge is -2.17. The lowest BCUT2D eigenvalue weighted by molar-refractivity contribution is 0.282. The summed E-state index contributed by atoms with van der Waals surface area (Å²) in [5, 5.41) is 8.67. The quantitative estimate of drug-likeness (QED) is 0.487. The Kier molecular flexibility index (Phi) is 4.90. The number of allylic oxidation sites excluding steroid dienone is 2. The zero-order valence-electron chi connectivity index (χ0n) is 10.4. The first-order chi connectivity index (χ1) is 7.90. The Hall–Kier alpha value is -0.300. The van der Waals surface area contributed by atoms with Gasteiger partial charge in [-0.25, -0.2) is 0 Å². The van der Waals surface area contributed by atoms with Crippen molar-refractivity contribution in [2.45, 2.75) is 57.8 Å². The zero-order valence-corrected chi connectivity index (χ0v) is 10.4. The van der Waals surface area contributed by atoms with Gasteiger partial charge in [0, 0.05) is 6.61 Å². The Bertz CT molecular complexity index is 221. The van der Waals surface area contributed by atoms with Crippen molar-refractivity contribution in [3.63, 3.8) is 0 Å². The van der Waals surface area contributed by atoms with Crippen LogP contribution in [0.1, 0.15) is 57.8 Å². The van der Waals surface area contributed by atoms with Crippen LogP contribution in [0, 0.1) is 17.8 Å². The highest BCUT2D eigenvalue weighted by Crippen LogP contribution is 2.45. The maximum absolute atomic E-state index is 8.67. The van der Waals surface area contributed by atoms with Gasteiger partial charge in [-0.15, -0.1) is 0 Å². The molecule has 0 aromatic carbocycles. The van der Waals surface area contributed by atoms with Gasteiger partial charge in [0.2, 0.25) is 0 Å². The molecule has 92 valence electrons. The van der Waals surface area contributed by atoms with Crippen LogP contribution in [0.15, 0.2) is 12.2 Å². The highest BCUT2D eigenvalue weighted by molar-refractivity contribution is 5.09. The Morgan fingerprint density at radius 2 is 1.62 bits per heavy atom. The van der Waals surface area contributed by atoms with Crippen LogP contribution in [0.3, 0.4) is 0 Å². The fourth-order valence-electron chi connectivity index (χ4n) is 3.45. The minimum atomic E-state index is 0.372. The first-order valence-electron chi connectivity index (χ1n) is 7.19. The molecule has 0 aliphatic heterocycles. The first kappa shape index (κ1) is 12.2. The molecule has 1 N–H and O–H groups in total. The molecular formula is C15H26O.